The molecule has 0 spiro atoms. The Labute approximate surface area is 108 Å². The van der Waals surface area contributed by atoms with E-state index in [1.165, 1.54) is 19.4 Å². The number of hydrogen-bond donors (Lipinski definition) is 0. The molecule has 0 aromatic heterocycles. The molecule has 94 valence electrons. The molecule has 2 unspecified atom stereocenters. The van der Waals surface area contributed by atoms with Gasteiger partial charge >= 0.3 is 0 Å². The lowest BCUT2D eigenvalue weighted by atomic mass is 9.80. The molecular formula is C16H19NO. The zero-order chi connectivity index (χ0) is 11.9. The van der Waals surface area contributed by atoms with E-state index in [-0.39, 0.29) is 0 Å². The molecule has 0 radical (unpaired) electrons. The third kappa shape index (κ3) is 1.59. The Kier molecular flexibility index (Phi) is 2.44. The molecule has 1 aromatic rings. The quantitative estimate of drug-likeness (QED) is 0.738. The van der Waals surface area contributed by atoms with Crippen molar-refractivity contribution in [2.75, 3.05) is 13.1 Å². The molecule has 4 atom stereocenters. The topological polar surface area (TPSA) is 12.5 Å². The van der Waals surface area contributed by atoms with Crippen LogP contribution in [0.15, 0.2) is 42.5 Å². The van der Waals surface area contributed by atoms with Crippen LogP contribution in [0.4, 0.5) is 0 Å². The van der Waals surface area contributed by atoms with Crippen molar-refractivity contribution in [1.82, 2.24) is 4.90 Å². The van der Waals surface area contributed by atoms with Crippen molar-refractivity contribution >= 4 is 0 Å². The fourth-order valence-corrected chi connectivity index (χ4v) is 3.85. The van der Waals surface area contributed by atoms with Gasteiger partial charge in [-0.3, -0.25) is 4.90 Å². The minimum absolute atomic E-state index is 0.394. The fourth-order valence-electron chi connectivity index (χ4n) is 3.85. The van der Waals surface area contributed by atoms with Gasteiger partial charge < -0.3 is 4.74 Å². The van der Waals surface area contributed by atoms with Gasteiger partial charge in [-0.05, 0) is 30.9 Å². The summed E-state index contributed by atoms with van der Waals surface area (Å²) in [5.41, 5.74) is 0. The van der Waals surface area contributed by atoms with E-state index in [0.29, 0.717) is 12.1 Å². The van der Waals surface area contributed by atoms with Crippen molar-refractivity contribution in [3.63, 3.8) is 0 Å². The zero-order valence-corrected chi connectivity index (χ0v) is 10.5. The summed E-state index contributed by atoms with van der Waals surface area (Å²) in [6.07, 6.45) is 7.84. The number of hydrogen-bond acceptors (Lipinski definition) is 2. The Bertz CT molecular complexity index is 455. The van der Waals surface area contributed by atoms with E-state index in [2.05, 4.69) is 29.2 Å². The summed E-state index contributed by atoms with van der Waals surface area (Å²) in [5, 5.41) is 0. The lowest BCUT2D eigenvalue weighted by Crippen LogP contribution is -2.61. The summed E-state index contributed by atoms with van der Waals surface area (Å²) < 4.78 is 6.14. The third-order valence-electron chi connectivity index (χ3n) is 4.72. The van der Waals surface area contributed by atoms with E-state index in [9.17, 15) is 0 Å². The molecule has 2 fully saturated rings. The number of benzene rings is 1. The highest BCUT2D eigenvalue weighted by Gasteiger charge is 2.52. The molecular weight excluding hydrogens is 222 g/mol. The van der Waals surface area contributed by atoms with Gasteiger partial charge in [0.15, 0.2) is 0 Å². The third-order valence-corrected chi connectivity index (χ3v) is 4.72. The van der Waals surface area contributed by atoms with Gasteiger partial charge in [-0.1, -0.05) is 30.4 Å². The molecule has 4 rings (SSSR count). The number of allylic oxidation sites excluding steroid dienone is 1. The van der Waals surface area contributed by atoms with Crippen molar-refractivity contribution < 1.29 is 4.74 Å². The second-order valence-electron chi connectivity index (χ2n) is 5.76. The first-order valence-corrected chi connectivity index (χ1v) is 7.04. The first kappa shape index (κ1) is 10.6. The molecule has 2 saturated heterocycles. The number of fused-ring (bicyclic) bond motifs is 3. The average molecular weight is 241 g/mol. The SMILES string of the molecule is C1=CC2C(CC1)CN1C[C@H](Oc3ccccc3)[C@H]21. The minimum atomic E-state index is 0.394. The average Bonchev–Trinajstić information content (AvgIpc) is 2.69. The summed E-state index contributed by atoms with van der Waals surface area (Å²) in [4.78, 5) is 2.61. The number of rotatable bonds is 2. The Hall–Kier alpha value is -1.28. The number of ether oxygens (including phenoxy) is 1. The van der Waals surface area contributed by atoms with E-state index >= 15 is 0 Å². The summed E-state index contributed by atoms with van der Waals surface area (Å²) in [5.74, 6) is 2.64. The highest BCUT2D eigenvalue weighted by molar-refractivity contribution is 5.23. The predicted molar refractivity (Wildman–Crippen MR) is 71.6 cm³/mol. The second kappa shape index (κ2) is 4.13. The fraction of sp³-hybridized carbons (Fsp3) is 0.500. The van der Waals surface area contributed by atoms with Gasteiger partial charge in [0, 0.05) is 19.0 Å². The first-order chi connectivity index (χ1) is 8.92. The lowest BCUT2D eigenvalue weighted by Gasteiger charge is -2.45. The predicted octanol–water partition coefficient (Wildman–Crippen LogP) is 2.71. The first-order valence-electron chi connectivity index (χ1n) is 7.04. The van der Waals surface area contributed by atoms with Crippen LogP contribution in [-0.4, -0.2) is 30.1 Å². The molecule has 2 heteroatoms. The van der Waals surface area contributed by atoms with E-state index in [1.807, 2.05) is 18.2 Å². The normalized spacial score (nSPS) is 37.8. The van der Waals surface area contributed by atoms with Gasteiger partial charge in [-0.15, -0.1) is 0 Å². The summed E-state index contributed by atoms with van der Waals surface area (Å²) in [7, 11) is 0. The molecule has 2 aliphatic heterocycles. The van der Waals surface area contributed by atoms with Crippen LogP contribution < -0.4 is 4.74 Å². The van der Waals surface area contributed by atoms with E-state index in [1.54, 1.807) is 0 Å². The van der Waals surface area contributed by atoms with Gasteiger partial charge in [-0.2, -0.15) is 0 Å². The molecule has 2 heterocycles. The summed E-state index contributed by atoms with van der Waals surface area (Å²) >= 11 is 0. The number of nitrogens with zero attached hydrogens (tertiary/aromatic N) is 1. The van der Waals surface area contributed by atoms with E-state index in [4.69, 9.17) is 4.74 Å². The molecule has 0 bridgehead atoms. The summed E-state index contributed by atoms with van der Waals surface area (Å²) in [6, 6.07) is 10.9. The monoisotopic (exact) mass is 241 g/mol. The van der Waals surface area contributed by atoms with Gasteiger partial charge in [0.25, 0.3) is 0 Å². The Morgan fingerprint density at radius 1 is 1.11 bits per heavy atom. The van der Waals surface area contributed by atoms with E-state index in [0.717, 1.165) is 24.1 Å². The van der Waals surface area contributed by atoms with Crippen molar-refractivity contribution in [1.29, 1.82) is 0 Å². The van der Waals surface area contributed by atoms with Gasteiger partial charge in [0.2, 0.25) is 0 Å². The maximum absolute atomic E-state index is 6.14. The largest absolute Gasteiger partial charge is 0.487 e. The van der Waals surface area contributed by atoms with Crippen molar-refractivity contribution in [3.8, 4) is 5.75 Å². The molecule has 2 nitrogen and oxygen atoms in total. The van der Waals surface area contributed by atoms with Crippen LogP contribution in [-0.2, 0) is 0 Å². The van der Waals surface area contributed by atoms with Gasteiger partial charge in [-0.25, -0.2) is 0 Å². The van der Waals surface area contributed by atoms with E-state index < -0.39 is 0 Å². The van der Waals surface area contributed by atoms with Crippen molar-refractivity contribution in [2.45, 2.75) is 25.0 Å². The van der Waals surface area contributed by atoms with Crippen LogP contribution in [0.1, 0.15) is 12.8 Å². The molecule has 3 aliphatic rings. The highest BCUT2D eigenvalue weighted by Crippen LogP contribution is 2.44. The van der Waals surface area contributed by atoms with Crippen LogP contribution >= 0.6 is 0 Å². The van der Waals surface area contributed by atoms with Crippen molar-refractivity contribution in [3.05, 3.63) is 42.5 Å². The number of para-hydroxylation sites is 1. The highest BCUT2D eigenvalue weighted by atomic mass is 16.5. The van der Waals surface area contributed by atoms with Crippen LogP contribution in [0.5, 0.6) is 5.75 Å². The molecule has 1 aliphatic carbocycles. The smallest absolute Gasteiger partial charge is 0.127 e. The zero-order valence-electron chi connectivity index (χ0n) is 10.5. The Morgan fingerprint density at radius 3 is 2.89 bits per heavy atom. The molecule has 1 aromatic carbocycles. The Morgan fingerprint density at radius 2 is 2.00 bits per heavy atom. The summed E-state index contributed by atoms with van der Waals surface area (Å²) in [6.45, 7) is 2.40. The van der Waals surface area contributed by atoms with Crippen LogP contribution in [0.2, 0.25) is 0 Å². The molecule has 0 N–H and O–H groups in total. The second-order valence-corrected chi connectivity index (χ2v) is 5.76. The molecule has 0 saturated carbocycles. The maximum Gasteiger partial charge on any atom is 0.127 e. The van der Waals surface area contributed by atoms with Crippen LogP contribution in [0, 0.1) is 11.8 Å². The minimum Gasteiger partial charge on any atom is -0.487 e. The van der Waals surface area contributed by atoms with Crippen LogP contribution in [0.25, 0.3) is 0 Å². The van der Waals surface area contributed by atoms with Crippen molar-refractivity contribution in [2.24, 2.45) is 11.8 Å². The Balaban J connectivity index is 1.49. The molecule has 0 amide bonds. The van der Waals surface area contributed by atoms with Gasteiger partial charge in [0.05, 0.1) is 6.04 Å². The standard InChI is InChI=1S/C16H19NO/c1-2-7-13(8-3-1)18-15-11-17-10-12-6-4-5-9-14(12)16(15)17/h1-3,5,7-9,12,14-16H,4,6,10-11H2/t12?,14?,15-,16-/m0/s1. The maximum atomic E-state index is 6.14. The molecule has 18 heavy (non-hydrogen) atoms. The van der Waals surface area contributed by atoms with Gasteiger partial charge in [0.1, 0.15) is 11.9 Å². The van der Waals surface area contributed by atoms with Crippen LogP contribution in [0.3, 0.4) is 0 Å². The lowest BCUT2D eigenvalue weighted by molar-refractivity contribution is -0.0285.